The minimum absolute atomic E-state index is 0.109. The summed E-state index contributed by atoms with van der Waals surface area (Å²) in [6.45, 7) is 0.332. The molecular weight excluding hydrogens is 247 g/mol. The number of hydrogen-bond donors (Lipinski definition) is 3. The van der Waals surface area contributed by atoms with Crippen LogP contribution in [0, 0.1) is 17.5 Å². The number of rotatable bonds is 6. The highest BCUT2D eigenvalue weighted by atomic mass is 19.2. The third-order valence-corrected chi connectivity index (χ3v) is 2.30. The van der Waals surface area contributed by atoms with Gasteiger partial charge in [0.05, 0.1) is 5.69 Å². The molecular formula is C11H14F3N3O. The molecule has 0 spiro atoms. The highest BCUT2D eigenvalue weighted by molar-refractivity contribution is 5.79. The fourth-order valence-electron chi connectivity index (χ4n) is 1.39. The van der Waals surface area contributed by atoms with E-state index in [2.05, 4.69) is 10.5 Å². The summed E-state index contributed by atoms with van der Waals surface area (Å²) in [7, 11) is 0. The summed E-state index contributed by atoms with van der Waals surface area (Å²) in [4.78, 5) is 0. The summed E-state index contributed by atoms with van der Waals surface area (Å²) in [5.41, 5.74) is 5.04. The van der Waals surface area contributed by atoms with E-state index in [1.807, 2.05) is 0 Å². The molecule has 1 aromatic rings. The Hall–Kier alpha value is -1.92. The number of anilines is 1. The van der Waals surface area contributed by atoms with Crippen LogP contribution in [0.4, 0.5) is 18.9 Å². The Bertz CT molecular complexity index is 438. The van der Waals surface area contributed by atoms with Crippen LogP contribution >= 0.6 is 0 Å². The maximum absolute atomic E-state index is 13.2. The van der Waals surface area contributed by atoms with Crippen molar-refractivity contribution in [3.63, 3.8) is 0 Å². The van der Waals surface area contributed by atoms with Gasteiger partial charge in [-0.05, 0) is 12.8 Å². The van der Waals surface area contributed by atoms with Crippen LogP contribution < -0.4 is 11.1 Å². The predicted molar refractivity (Wildman–Crippen MR) is 62.1 cm³/mol. The standard InChI is InChI=1S/C11H14F3N3O/c12-7-5-8(13)11(14)9(6-7)16-4-2-1-3-10(15)17-18/h5-6,16,18H,1-4H2,(H2,15,17). The number of nitrogens with one attached hydrogen (secondary N) is 1. The van der Waals surface area contributed by atoms with Gasteiger partial charge in [-0.1, -0.05) is 5.16 Å². The van der Waals surface area contributed by atoms with E-state index in [1.54, 1.807) is 0 Å². The first-order chi connectivity index (χ1) is 8.54. The van der Waals surface area contributed by atoms with Crippen LogP contribution in [0.1, 0.15) is 19.3 Å². The lowest BCUT2D eigenvalue weighted by Gasteiger charge is -2.08. The van der Waals surface area contributed by atoms with E-state index in [9.17, 15) is 13.2 Å². The second-order valence-electron chi connectivity index (χ2n) is 3.72. The Morgan fingerprint density at radius 2 is 2.00 bits per heavy atom. The summed E-state index contributed by atoms with van der Waals surface area (Å²) in [6.07, 6.45) is 1.61. The molecule has 0 saturated heterocycles. The molecule has 0 amide bonds. The van der Waals surface area contributed by atoms with Gasteiger partial charge < -0.3 is 16.3 Å². The van der Waals surface area contributed by atoms with E-state index in [0.29, 0.717) is 31.9 Å². The molecule has 1 rings (SSSR count). The summed E-state index contributed by atoms with van der Waals surface area (Å²) >= 11 is 0. The average molecular weight is 261 g/mol. The minimum Gasteiger partial charge on any atom is -0.409 e. The van der Waals surface area contributed by atoms with E-state index in [1.165, 1.54) is 0 Å². The van der Waals surface area contributed by atoms with Crippen LogP contribution in [0.25, 0.3) is 0 Å². The van der Waals surface area contributed by atoms with Crippen molar-refractivity contribution in [3.05, 3.63) is 29.6 Å². The van der Waals surface area contributed by atoms with E-state index in [-0.39, 0.29) is 11.5 Å². The number of benzene rings is 1. The number of oxime groups is 1. The van der Waals surface area contributed by atoms with E-state index in [0.717, 1.165) is 6.07 Å². The van der Waals surface area contributed by atoms with Gasteiger partial charge in [0.1, 0.15) is 11.7 Å². The monoisotopic (exact) mass is 261 g/mol. The van der Waals surface area contributed by atoms with Crippen LogP contribution in [0.3, 0.4) is 0 Å². The molecule has 1 aromatic carbocycles. The maximum Gasteiger partial charge on any atom is 0.182 e. The summed E-state index contributed by atoms with van der Waals surface area (Å²) < 4.78 is 38.9. The second kappa shape index (κ2) is 6.73. The molecule has 0 heterocycles. The van der Waals surface area contributed by atoms with E-state index < -0.39 is 17.5 Å². The van der Waals surface area contributed by atoms with E-state index >= 15 is 0 Å². The van der Waals surface area contributed by atoms with Crippen molar-refractivity contribution in [1.29, 1.82) is 0 Å². The molecule has 18 heavy (non-hydrogen) atoms. The quantitative estimate of drug-likeness (QED) is 0.184. The fraction of sp³-hybridized carbons (Fsp3) is 0.364. The Morgan fingerprint density at radius 1 is 1.28 bits per heavy atom. The molecule has 100 valence electrons. The topological polar surface area (TPSA) is 70.6 Å². The number of nitrogens with zero attached hydrogens (tertiary/aromatic N) is 1. The summed E-state index contributed by atoms with van der Waals surface area (Å²) in [5.74, 6) is -3.06. The lowest BCUT2D eigenvalue weighted by Crippen LogP contribution is -2.12. The van der Waals surface area contributed by atoms with Gasteiger partial charge in [-0.2, -0.15) is 0 Å². The molecule has 0 aliphatic rings. The van der Waals surface area contributed by atoms with Gasteiger partial charge in [-0.25, -0.2) is 13.2 Å². The third kappa shape index (κ3) is 4.15. The van der Waals surface area contributed by atoms with Crippen LogP contribution in [0.5, 0.6) is 0 Å². The predicted octanol–water partition coefficient (Wildman–Crippen LogP) is 2.43. The van der Waals surface area contributed by atoms with Crippen molar-refractivity contribution >= 4 is 11.5 Å². The van der Waals surface area contributed by atoms with Gasteiger partial charge in [0.25, 0.3) is 0 Å². The van der Waals surface area contributed by atoms with Crippen LogP contribution in [-0.2, 0) is 0 Å². The van der Waals surface area contributed by atoms with Gasteiger partial charge in [0, 0.05) is 25.1 Å². The first-order valence-electron chi connectivity index (χ1n) is 5.39. The first kappa shape index (κ1) is 14.1. The minimum atomic E-state index is -1.23. The number of unbranched alkanes of at least 4 members (excludes halogenated alkanes) is 1. The van der Waals surface area contributed by atoms with Crippen molar-refractivity contribution in [2.45, 2.75) is 19.3 Å². The smallest absolute Gasteiger partial charge is 0.182 e. The molecule has 0 aliphatic heterocycles. The Balaban J connectivity index is 2.40. The molecule has 0 radical (unpaired) electrons. The molecule has 0 saturated carbocycles. The third-order valence-electron chi connectivity index (χ3n) is 2.30. The Morgan fingerprint density at radius 3 is 2.67 bits per heavy atom. The molecule has 0 aliphatic carbocycles. The molecule has 0 aromatic heterocycles. The zero-order valence-corrected chi connectivity index (χ0v) is 9.59. The van der Waals surface area contributed by atoms with E-state index in [4.69, 9.17) is 10.9 Å². The van der Waals surface area contributed by atoms with Crippen molar-refractivity contribution in [2.24, 2.45) is 10.9 Å². The fourth-order valence-corrected chi connectivity index (χ4v) is 1.39. The normalized spacial score (nSPS) is 11.6. The summed E-state index contributed by atoms with van der Waals surface area (Å²) in [6, 6.07) is 1.38. The number of halogens is 3. The number of hydrogen-bond acceptors (Lipinski definition) is 3. The number of nitrogens with two attached hydrogens (primary N) is 1. The zero-order valence-electron chi connectivity index (χ0n) is 9.59. The number of amidine groups is 1. The second-order valence-corrected chi connectivity index (χ2v) is 3.72. The largest absolute Gasteiger partial charge is 0.409 e. The van der Waals surface area contributed by atoms with Gasteiger partial charge in [-0.15, -0.1) is 0 Å². The van der Waals surface area contributed by atoms with Crippen LogP contribution in [0.15, 0.2) is 17.3 Å². The van der Waals surface area contributed by atoms with Crippen molar-refractivity contribution < 1.29 is 18.4 Å². The lowest BCUT2D eigenvalue weighted by molar-refractivity contribution is 0.316. The van der Waals surface area contributed by atoms with Crippen molar-refractivity contribution in [1.82, 2.24) is 0 Å². The highest BCUT2D eigenvalue weighted by Gasteiger charge is 2.10. The molecule has 0 unspecified atom stereocenters. The SMILES string of the molecule is NC(CCCCNc1cc(F)cc(F)c1F)=NO. The zero-order chi connectivity index (χ0) is 13.5. The van der Waals surface area contributed by atoms with Gasteiger partial charge in [0.15, 0.2) is 11.6 Å². The first-order valence-corrected chi connectivity index (χ1v) is 5.39. The van der Waals surface area contributed by atoms with Gasteiger partial charge >= 0.3 is 0 Å². The highest BCUT2D eigenvalue weighted by Crippen LogP contribution is 2.19. The molecule has 0 bridgehead atoms. The maximum atomic E-state index is 13.2. The summed E-state index contributed by atoms with van der Waals surface area (Å²) in [5, 5.41) is 13.7. The lowest BCUT2D eigenvalue weighted by atomic mass is 10.2. The van der Waals surface area contributed by atoms with Crippen molar-refractivity contribution in [2.75, 3.05) is 11.9 Å². The average Bonchev–Trinajstić information content (AvgIpc) is 2.34. The van der Waals surface area contributed by atoms with Crippen LogP contribution in [0.2, 0.25) is 0 Å². The molecule has 0 atom stereocenters. The van der Waals surface area contributed by atoms with Gasteiger partial charge in [-0.3, -0.25) is 0 Å². The van der Waals surface area contributed by atoms with Crippen molar-refractivity contribution in [3.8, 4) is 0 Å². The van der Waals surface area contributed by atoms with Crippen LogP contribution in [-0.4, -0.2) is 17.6 Å². The Kier molecular flexibility index (Phi) is 5.29. The molecule has 4 N–H and O–H groups in total. The molecule has 0 fully saturated rings. The Labute approximate surface area is 102 Å². The molecule has 7 heteroatoms. The van der Waals surface area contributed by atoms with Gasteiger partial charge in [0.2, 0.25) is 0 Å². The molecule has 4 nitrogen and oxygen atoms in total.